The monoisotopic (exact) mass is 287 g/mol. The number of nitrogens with one attached hydrogen (secondary N) is 1. The normalized spacial score (nSPS) is 28.8. The molecule has 0 aliphatic heterocycles. The zero-order valence-corrected chi connectivity index (χ0v) is 13.7. The van der Waals surface area contributed by atoms with Crippen LogP contribution in [-0.2, 0) is 0 Å². The maximum absolute atomic E-state index is 5.51. The molecule has 2 heteroatoms. The molecule has 0 radical (unpaired) electrons. The Morgan fingerprint density at radius 3 is 2.76 bits per heavy atom. The second-order valence-electron chi connectivity index (χ2n) is 7.01. The molecule has 2 fully saturated rings. The molecular formula is C19H29NO. The zero-order valence-electron chi connectivity index (χ0n) is 13.7. The van der Waals surface area contributed by atoms with E-state index in [1.165, 1.54) is 43.2 Å². The molecule has 1 N–H and O–H groups in total. The van der Waals surface area contributed by atoms with Crippen molar-refractivity contribution in [3.05, 3.63) is 29.3 Å². The number of fused-ring (bicyclic) bond motifs is 2. The second-order valence-corrected chi connectivity index (χ2v) is 7.01. The molecule has 0 aromatic heterocycles. The average Bonchev–Trinajstić information content (AvgIpc) is 3.10. The van der Waals surface area contributed by atoms with Crippen molar-refractivity contribution in [1.29, 1.82) is 0 Å². The largest absolute Gasteiger partial charge is 0.496 e. The van der Waals surface area contributed by atoms with Gasteiger partial charge in [-0.1, -0.05) is 25.5 Å². The van der Waals surface area contributed by atoms with Crippen LogP contribution in [0.1, 0.15) is 56.2 Å². The number of methoxy groups -OCH3 is 1. The molecule has 2 aliphatic carbocycles. The van der Waals surface area contributed by atoms with Gasteiger partial charge in [0.2, 0.25) is 0 Å². The van der Waals surface area contributed by atoms with Gasteiger partial charge in [0.05, 0.1) is 7.11 Å². The molecule has 0 heterocycles. The van der Waals surface area contributed by atoms with E-state index < -0.39 is 0 Å². The van der Waals surface area contributed by atoms with Gasteiger partial charge in [0.25, 0.3) is 0 Å². The number of hydrogen-bond acceptors (Lipinski definition) is 2. The average molecular weight is 287 g/mol. The van der Waals surface area contributed by atoms with Gasteiger partial charge in [-0.25, -0.2) is 0 Å². The molecule has 0 spiro atoms. The SMILES string of the molecule is CCNC(CC1CC2CCC1C2)c1ccc(C)c(OC)c1. The molecule has 2 nitrogen and oxygen atoms in total. The third-order valence-corrected chi connectivity index (χ3v) is 5.71. The van der Waals surface area contributed by atoms with E-state index in [4.69, 9.17) is 4.74 Å². The summed E-state index contributed by atoms with van der Waals surface area (Å²) in [5.74, 6) is 3.99. The molecule has 0 amide bonds. The highest BCUT2D eigenvalue weighted by Gasteiger charge is 2.40. The van der Waals surface area contributed by atoms with E-state index in [1.807, 2.05) is 0 Å². The Labute approximate surface area is 129 Å². The Morgan fingerprint density at radius 2 is 2.14 bits per heavy atom. The lowest BCUT2D eigenvalue weighted by atomic mass is 9.82. The van der Waals surface area contributed by atoms with Gasteiger partial charge in [-0.3, -0.25) is 0 Å². The first-order valence-electron chi connectivity index (χ1n) is 8.59. The summed E-state index contributed by atoms with van der Waals surface area (Å²) < 4.78 is 5.51. The van der Waals surface area contributed by atoms with Crippen LogP contribution in [0.25, 0.3) is 0 Å². The van der Waals surface area contributed by atoms with Crippen molar-refractivity contribution in [2.45, 2.75) is 52.0 Å². The number of rotatable bonds is 6. The van der Waals surface area contributed by atoms with Crippen LogP contribution < -0.4 is 10.1 Å². The molecule has 3 rings (SSSR count). The van der Waals surface area contributed by atoms with Gasteiger partial charge in [0.1, 0.15) is 5.75 Å². The first kappa shape index (κ1) is 14.9. The summed E-state index contributed by atoms with van der Waals surface area (Å²) in [4.78, 5) is 0. The summed E-state index contributed by atoms with van der Waals surface area (Å²) in [7, 11) is 1.77. The molecule has 0 saturated heterocycles. The first-order valence-corrected chi connectivity index (χ1v) is 8.59. The summed E-state index contributed by atoms with van der Waals surface area (Å²) in [5.41, 5.74) is 2.61. The molecule has 116 valence electrons. The van der Waals surface area contributed by atoms with E-state index in [2.05, 4.69) is 37.4 Å². The van der Waals surface area contributed by atoms with Gasteiger partial charge < -0.3 is 10.1 Å². The van der Waals surface area contributed by atoms with Gasteiger partial charge in [-0.05, 0) is 74.1 Å². The Hall–Kier alpha value is -1.02. The zero-order chi connectivity index (χ0) is 14.8. The summed E-state index contributed by atoms with van der Waals surface area (Å²) in [6.45, 7) is 5.35. The molecule has 4 atom stereocenters. The fourth-order valence-corrected chi connectivity index (χ4v) is 4.60. The Balaban J connectivity index is 1.74. The van der Waals surface area contributed by atoms with Crippen LogP contribution in [0.15, 0.2) is 18.2 Å². The predicted octanol–water partition coefficient (Wildman–Crippen LogP) is 4.48. The summed E-state index contributed by atoms with van der Waals surface area (Å²) in [5, 5.41) is 3.70. The first-order chi connectivity index (χ1) is 10.2. The number of ether oxygens (including phenoxy) is 1. The maximum atomic E-state index is 5.51. The molecule has 2 bridgehead atoms. The molecule has 1 aromatic carbocycles. The fraction of sp³-hybridized carbons (Fsp3) is 0.684. The lowest BCUT2D eigenvalue weighted by Crippen LogP contribution is -2.25. The van der Waals surface area contributed by atoms with Gasteiger partial charge in [-0.15, -0.1) is 0 Å². The molecule has 2 aliphatic rings. The third-order valence-electron chi connectivity index (χ3n) is 5.71. The number of aryl methyl sites for hydroxylation is 1. The maximum Gasteiger partial charge on any atom is 0.122 e. The van der Waals surface area contributed by atoms with Crippen LogP contribution in [-0.4, -0.2) is 13.7 Å². The predicted molar refractivity (Wildman–Crippen MR) is 87.7 cm³/mol. The summed E-state index contributed by atoms with van der Waals surface area (Å²) in [6, 6.07) is 7.18. The van der Waals surface area contributed by atoms with Crippen molar-refractivity contribution in [2.24, 2.45) is 17.8 Å². The minimum atomic E-state index is 0.480. The summed E-state index contributed by atoms with van der Waals surface area (Å²) in [6.07, 6.45) is 7.23. The molecule has 1 aromatic rings. The standard InChI is InChI=1S/C19H29NO/c1-4-20-18(11-17-10-14-6-8-15(17)9-14)16-7-5-13(2)19(12-16)21-3/h5,7,12,14-15,17-18,20H,4,6,8-11H2,1-3H3. The van der Waals surface area contributed by atoms with E-state index in [0.717, 1.165) is 30.0 Å². The highest BCUT2D eigenvalue weighted by molar-refractivity contribution is 5.37. The van der Waals surface area contributed by atoms with Crippen LogP contribution in [0.2, 0.25) is 0 Å². The van der Waals surface area contributed by atoms with E-state index in [9.17, 15) is 0 Å². The smallest absolute Gasteiger partial charge is 0.122 e. The van der Waals surface area contributed by atoms with Crippen molar-refractivity contribution in [2.75, 3.05) is 13.7 Å². The molecular weight excluding hydrogens is 258 g/mol. The Kier molecular flexibility index (Phi) is 4.54. The number of benzene rings is 1. The van der Waals surface area contributed by atoms with Crippen LogP contribution in [0.4, 0.5) is 0 Å². The summed E-state index contributed by atoms with van der Waals surface area (Å²) >= 11 is 0. The van der Waals surface area contributed by atoms with E-state index in [1.54, 1.807) is 7.11 Å². The minimum absolute atomic E-state index is 0.480. The van der Waals surface area contributed by atoms with Crippen molar-refractivity contribution >= 4 is 0 Å². The van der Waals surface area contributed by atoms with Gasteiger partial charge >= 0.3 is 0 Å². The lowest BCUT2D eigenvalue weighted by molar-refractivity contribution is 0.280. The molecule has 2 saturated carbocycles. The van der Waals surface area contributed by atoms with Gasteiger partial charge in [0.15, 0.2) is 0 Å². The highest BCUT2D eigenvalue weighted by atomic mass is 16.5. The Morgan fingerprint density at radius 1 is 1.29 bits per heavy atom. The fourth-order valence-electron chi connectivity index (χ4n) is 4.60. The third kappa shape index (κ3) is 3.11. The Bertz CT molecular complexity index is 484. The van der Waals surface area contributed by atoms with Crippen molar-refractivity contribution in [3.63, 3.8) is 0 Å². The molecule has 21 heavy (non-hydrogen) atoms. The van der Waals surface area contributed by atoms with Crippen LogP contribution in [0.5, 0.6) is 5.75 Å². The molecule has 4 unspecified atom stereocenters. The topological polar surface area (TPSA) is 21.3 Å². The minimum Gasteiger partial charge on any atom is -0.496 e. The quantitative estimate of drug-likeness (QED) is 0.833. The van der Waals surface area contributed by atoms with E-state index in [-0.39, 0.29) is 0 Å². The van der Waals surface area contributed by atoms with Crippen LogP contribution in [0.3, 0.4) is 0 Å². The van der Waals surface area contributed by atoms with Crippen molar-refractivity contribution in [1.82, 2.24) is 5.32 Å². The van der Waals surface area contributed by atoms with E-state index in [0.29, 0.717) is 6.04 Å². The second kappa shape index (κ2) is 6.39. The number of hydrogen-bond donors (Lipinski definition) is 1. The van der Waals surface area contributed by atoms with Crippen molar-refractivity contribution < 1.29 is 4.74 Å². The van der Waals surface area contributed by atoms with Crippen LogP contribution in [0, 0.1) is 24.7 Å². The van der Waals surface area contributed by atoms with Gasteiger partial charge in [0, 0.05) is 6.04 Å². The lowest BCUT2D eigenvalue weighted by Gasteiger charge is -2.28. The van der Waals surface area contributed by atoms with E-state index >= 15 is 0 Å². The van der Waals surface area contributed by atoms with Gasteiger partial charge in [-0.2, -0.15) is 0 Å². The highest BCUT2D eigenvalue weighted by Crippen LogP contribution is 2.51. The van der Waals surface area contributed by atoms with Crippen LogP contribution >= 0.6 is 0 Å². The van der Waals surface area contributed by atoms with Crippen molar-refractivity contribution in [3.8, 4) is 5.75 Å².